The van der Waals surface area contributed by atoms with E-state index < -0.39 is 0 Å². The Hall–Kier alpha value is -1.35. The van der Waals surface area contributed by atoms with Crippen molar-refractivity contribution in [1.29, 1.82) is 0 Å². The van der Waals surface area contributed by atoms with Crippen molar-refractivity contribution >= 4 is 5.78 Å². The number of benzene rings is 1. The molecule has 1 saturated heterocycles. The summed E-state index contributed by atoms with van der Waals surface area (Å²) in [6.07, 6.45) is 2.58. The van der Waals surface area contributed by atoms with Crippen molar-refractivity contribution < 1.29 is 9.53 Å². The molecule has 0 N–H and O–H groups in total. The summed E-state index contributed by atoms with van der Waals surface area (Å²) in [5, 5.41) is 0. The van der Waals surface area contributed by atoms with Gasteiger partial charge in [-0.05, 0) is 50.4 Å². The van der Waals surface area contributed by atoms with Gasteiger partial charge in [0.2, 0.25) is 0 Å². The van der Waals surface area contributed by atoms with Crippen LogP contribution >= 0.6 is 0 Å². The lowest BCUT2D eigenvalue weighted by atomic mass is 9.99. The van der Waals surface area contributed by atoms with Crippen LogP contribution in [0, 0.1) is 5.92 Å². The monoisotopic (exact) mass is 261 g/mol. The summed E-state index contributed by atoms with van der Waals surface area (Å²) in [6.45, 7) is 7.05. The highest BCUT2D eigenvalue weighted by atomic mass is 16.5. The van der Waals surface area contributed by atoms with Crippen molar-refractivity contribution in [1.82, 2.24) is 4.90 Å². The molecule has 1 heterocycles. The highest BCUT2D eigenvalue weighted by Crippen LogP contribution is 2.24. The first-order chi connectivity index (χ1) is 9.10. The first-order valence-corrected chi connectivity index (χ1v) is 7.00. The number of piperidine rings is 1. The molecule has 1 aromatic carbocycles. The lowest BCUT2D eigenvalue weighted by Gasteiger charge is -2.31. The standard InChI is InChI=1S/C16H23NO2/c1-12-5-4-8-17(10-12)11-15-9-14(13(2)18)6-7-16(15)19-3/h6-7,9,12H,4-5,8,10-11H2,1-3H3. The molecule has 0 bridgehead atoms. The molecule has 0 spiro atoms. The van der Waals surface area contributed by atoms with Crippen LogP contribution in [0.5, 0.6) is 5.75 Å². The molecule has 1 atom stereocenters. The number of ketones is 1. The summed E-state index contributed by atoms with van der Waals surface area (Å²) in [4.78, 5) is 13.9. The summed E-state index contributed by atoms with van der Waals surface area (Å²) in [6, 6.07) is 5.71. The van der Waals surface area contributed by atoms with E-state index >= 15 is 0 Å². The van der Waals surface area contributed by atoms with Crippen LogP contribution in [0.2, 0.25) is 0 Å². The maximum Gasteiger partial charge on any atom is 0.159 e. The predicted octanol–water partition coefficient (Wildman–Crippen LogP) is 3.13. The van der Waals surface area contributed by atoms with Crippen LogP contribution in [0.1, 0.15) is 42.6 Å². The molecule has 0 amide bonds. The van der Waals surface area contributed by atoms with E-state index in [9.17, 15) is 4.79 Å². The Morgan fingerprint density at radius 2 is 2.26 bits per heavy atom. The van der Waals surface area contributed by atoms with E-state index in [2.05, 4.69) is 11.8 Å². The number of carbonyl (C=O) groups is 1. The normalized spacial score (nSPS) is 20.3. The lowest BCUT2D eigenvalue weighted by molar-refractivity contribution is 0.101. The van der Waals surface area contributed by atoms with Gasteiger partial charge in [0, 0.05) is 24.2 Å². The zero-order chi connectivity index (χ0) is 13.8. The van der Waals surface area contributed by atoms with Crippen LogP contribution < -0.4 is 4.74 Å². The summed E-state index contributed by atoms with van der Waals surface area (Å²) < 4.78 is 5.41. The Morgan fingerprint density at radius 1 is 1.47 bits per heavy atom. The van der Waals surface area contributed by atoms with Crippen molar-refractivity contribution in [2.45, 2.75) is 33.2 Å². The molecule has 0 saturated carbocycles. The molecule has 1 unspecified atom stereocenters. The molecule has 104 valence electrons. The summed E-state index contributed by atoms with van der Waals surface area (Å²) in [5.74, 6) is 1.75. The Balaban J connectivity index is 2.17. The molecule has 0 aliphatic carbocycles. The van der Waals surface area contributed by atoms with Crippen molar-refractivity contribution in [2.24, 2.45) is 5.92 Å². The molecule has 1 aliphatic heterocycles. The lowest BCUT2D eigenvalue weighted by Crippen LogP contribution is -2.33. The number of nitrogens with zero attached hydrogens (tertiary/aromatic N) is 1. The number of methoxy groups -OCH3 is 1. The summed E-state index contributed by atoms with van der Waals surface area (Å²) in [5.41, 5.74) is 1.88. The first kappa shape index (κ1) is 14.1. The molecule has 3 heteroatoms. The van der Waals surface area contributed by atoms with Gasteiger partial charge in [-0.1, -0.05) is 6.92 Å². The van der Waals surface area contributed by atoms with Gasteiger partial charge in [0.15, 0.2) is 5.78 Å². The van der Waals surface area contributed by atoms with Crippen LogP contribution in [-0.4, -0.2) is 30.9 Å². The zero-order valence-corrected chi connectivity index (χ0v) is 12.1. The van der Waals surface area contributed by atoms with Gasteiger partial charge in [-0.15, -0.1) is 0 Å². The van der Waals surface area contributed by atoms with Gasteiger partial charge in [-0.2, -0.15) is 0 Å². The number of Topliss-reactive ketones (excluding diaryl/α,β-unsaturated/α-hetero) is 1. The minimum atomic E-state index is 0.107. The molecule has 3 nitrogen and oxygen atoms in total. The van der Waals surface area contributed by atoms with E-state index in [0.717, 1.165) is 42.4 Å². The molecular weight excluding hydrogens is 238 g/mol. The number of rotatable bonds is 4. The van der Waals surface area contributed by atoms with Crippen LogP contribution in [0.25, 0.3) is 0 Å². The minimum absolute atomic E-state index is 0.107. The molecule has 2 rings (SSSR count). The van der Waals surface area contributed by atoms with Crippen molar-refractivity contribution in [3.8, 4) is 5.75 Å². The Bertz CT molecular complexity index is 456. The fourth-order valence-corrected chi connectivity index (χ4v) is 2.79. The van der Waals surface area contributed by atoms with Crippen LogP contribution in [0.4, 0.5) is 0 Å². The van der Waals surface area contributed by atoms with Crippen LogP contribution in [-0.2, 0) is 6.54 Å². The number of likely N-dealkylation sites (tertiary alicyclic amines) is 1. The average Bonchev–Trinajstić information content (AvgIpc) is 2.38. The highest BCUT2D eigenvalue weighted by molar-refractivity contribution is 5.94. The van der Waals surface area contributed by atoms with E-state index in [1.165, 1.54) is 12.8 Å². The molecular formula is C16H23NO2. The number of carbonyl (C=O) groups excluding carboxylic acids is 1. The Labute approximate surface area is 115 Å². The molecule has 0 aromatic heterocycles. The van der Waals surface area contributed by atoms with Gasteiger partial charge < -0.3 is 4.74 Å². The second kappa shape index (κ2) is 6.20. The smallest absolute Gasteiger partial charge is 0.159 e. The summed E-state index contributed by atoms with van der Waals surface area (Å²) in [7, 11) is 1.69. The van der Waals surface area contributed by atoms with Gasteiger partial charge in [0.05, 0.1) is 7.11 Å². The third kappa shape index (κ3) is 3.57. The molecule has 1 aromatic rings. The molecule has 0 radical (unpaired) electrons. The fraction of sp³-hybridized carbons (Fsp3) is 0.562. The van der Waals surface area contributed by atoms with E-state index in [1.54, 1.807) is 14.0 Å². The fourth-order valence-electron chi connectivity index (χ4n) is 2.79. The first-order valence-electron chi connectivity index (χ1n) is 7.00. The molecule has 19 heavy (non-hydrogen) atoms. The Morgan fingerprint density at radius 3 is 2.89 bits per heavy atom. The van der Waals surface area contributed by atoms with E-state index in [4.69, 9.17) is 4.74 Å². The number of ether oxygens (including phenoxy) is 1. The van der Waals surface area contributed by atoms with Gasteiger partial charge >= 0.3 is 0 Å². The Kier molecular flexibility index (Phi) is 4.59. The largest absolute Gasteiger partial charge is 0.496 e. The van der Waals surface area contributed by atoms with Gasteiger partial charge in [0.1, 0.15) is 5.75 Å². The van der Waals surface area contributed by atoms with Crippen molar-refractivity contribution in [2.75, 3.05) is 20.2 Å². The third-order valence-corrected chi connectivity index (χ3v) is 3.82. The van der Waals surface area contributed by atoms with Gasteiger partial charge in [0.25, 0.3) is 0 Å². The van der Waals surface area contributed by atoms with E-state index in [1.807, 2.05) is 18.2 Å². The van der Waals surface area contributed by atoms with Crippen molar-refractivity contribution in [3.63, 3.8) is 0 Å². The zero-order valence-electron chi connectivity index (χ0n) is 12.1. The SMILES string of the molecule is COc1ccc(C(C)=O)cc1CN1CCCC(C)C1. The second-order valence-electron chi connectivity index (χ2n) is 5.57. The third-order valence-electron chi connectivity index (χ3n) is 3.82. The van der Waals surface area contributed by atoms with Crippen molar-refractivity contribution in [3.05, 3.63) is 29.3 Å². The van der Waals surface area contributed by atoms with Gasteiger partial charge in [-0.25, -0.2) is 0 Å². The molecule has 1 fully saturated rings. The van der Waals surface area contributed by atoms with E-state index in [-0.39, 0.29) is 5.78 Å². The topological polar surface area (TPSA) is 29.5 Å². The number of hydrogen-bond acceptors (Lipinski definition) is 3. The van der Waals surface area contributed by atoms with E-state index in [0.29, 0.717) is 0 Å². The summed E-state index contributed by atoms with van der Waals surface area (Å²) >= 11 is 0. The second-order valence-corrected chi connectivity index (χ2v) is 5.57. The quantitative estimate of drug-likeness (QED) is 0.780. The minimum Gasteiger partial charge on any atom is -0.496 e. The maximum atomic E-state index is 11.5. The van der Waals surface area contributed by atoms with Crippen LogP contribution in [0.3, 0.4) is 0 Å². The number of hydrogen-bond donors (Lipinski definition) is 0. The van der Waals surface area contributed by atoms with Crippen LogP contribution in [0.15, 0.2) is 18.2 Å². The maximum absolute atomic E-state index is 11.5. The molecule has 1 aliphatic rings. The predicted molar refractivity (Wildman–Crippen MR) is 76.7 cm³/mol. The average molecular weight is 261 g/mol. The highest BCUT2D eigenvalue weighted by Gasteiger charge is 2.18. The van der Waals surface area contributed by atoms with Gasteiger partial charge in [-0.3, -0.25) is 9.69 Å².